The summed E-state index contributed by atoms with van der Waals surface area (Å²) in [7, 11) is 1.35. The van der Waals surface area contributed by atoms with Gasteiger partial charge in [0.05, 0.1) is 7.11 Å². The van der Waals surface area contributed by atoms with E-state index < -0.39 is 11.4 Å². The topological polar surface area (TPSA) is 43.4 Å². The zero-order valence-electron chi connectivity index (χ0n) is 11.5. The second kappa shape index (κ2) is 7.34. The summed E-state index contributed by atoms with van der Waals surface area (Å²) in [6, 6.07) is 0. The number of rotatable bonds is 7. The van der Waals surface area contributed by atoms with E-state index in [1.54, 1.807) is 6.08 Å². The molecule has 3 nitrogen and oxygen atoms in total. The molecule has 0 unspecified atom stereocenters. The summed E-state index contributed by atoms with van der Waals surface area (Å²) in [6.45, 7) is 2.18. The maximum atomic E-state index is 11.9. The monoisotopic (exact) mass is 252 g/mol. The van der Waals surface area contributed by atoms with E-state index in [4.69, 9.17) is 4.74 Å². The maximum Gasteiger partial charge on any atom is 0.323 e. The number of unbranched alkanes of at least 4 members (excludes halogenated alkanes) is 4. The van der Waals surface area contributed by atoms with Gasteiger partial charge in [-0.25, -0.2) is 0 Å². The number of carbonyl (C=O) groups excluding carboxylic acids is 2. The average Bonchev–Trinajstić information content (AvgIpc) is 2.75. The Balaban J connectivity index is 2.55. The number of ketones is 1. The summed E-state index contributed by atoms with van der Waals surface area (Å²) in [5.74, 6) is -0.381. The van der Waals surface area contributed by atoms with Crippen molar-refractivity contribution in [2.45, 2.75) is 58.3 Å². The van der Waals surface area contributed by atoms with Crippen LogP contribution >= 0.6 is 0 Å². The molecule has 0 aromatic heterocycles. The highest BCUT2D eigenvalue weighted by Crippen LogP contribution is 2.37. The molecule has 0 spiro atoms. The fourth-order valence-electron chi connectivity index (χ4n) is 2.51. The molecule has 3 heteroatoms. The average molecular weight is 252 g/mol. The SMILES string of the molecule is CCCCCC/C=C/[C@@]1(C(=O)OC)CCCC1=O. The van der Waals surface area contributed by atoms with Crippen LogP contribution in [0.2, 0.25) is 0 Å². The summed E-state index contributed by atoms with van der Waals surface area (Å²) in [4.78, 5) is 23.7. The van der Waals surface area contributed by atoms with Crippen molar-refractivity contribution >= 4 is 11.8 Å². The van der Waals surface area contributed by atoms with Crippen LogP contribution in [-0.2, 0) is 14.3 Å². The molecular formula is C15H24O3. The number of hydrogen-bond acceptors (Lipinski definition) is 3. The molecule has 18 heavy (non-hydrogen) atoms. The predicted octanol–water partition coefficient (Wildman–Crippen LogP) is 3.43. The third-order valence-corrected chi connectivity index (χ3v) is 3.65. The van der Waals surface area contributed by atoms with Gasteiger partial charge in [0.15, 0.2) is 5.78 Å². The van der Waals surface area contributed by atoms with Gasteiger partial charge in [0.1, 0.15) is 5.41 Å². The highest BCUT2D eigenvalue weighted by Gasteiger charge is 2.47. The molecule has 0 radical (unpaired) electrons. The number of esters is 1. The summed E-state index contributed by atoms with van der Waals surface area (Å²) in [5, 5.41) is 0. The lowest BCUT2D eigenvalue weighted by atomic mass is 9.84. The third kappa shape index (κ3) is 3.44. The lowest BCUT2D eigenvalue weighted by molar-refractivity contribution is -0.153. The van der Waals surface area contributed by atoms with Crippen molar-refractivity contribution in [1.82, 2.24) is 0 Å². The van der Waals surface area contributed by atoms with Crippen LogP contribution in [-0.4, -0.2) is 18.9 Å². The number of carbonyl (C=O) groups is 2. The smallest absolute Gasteiger partial charge is 0.323 e. The third-order valence-electron chi connectivity index (χ3n) is 3.65. The van der Waals surface area contributed by atoms with Crippen molar-refractivity contribution in [2.75, 3.05) is 7.11 Å². The molecular weight excluding hydrogens is 228 g/mol. The van der Waals surface area contributed by atoms with Crippen LogP contribution in [0, 0.1) is 5.41 Å². The zero-order valence-corrected chi connectivity index (χ0v) is 11.5. The van der Waals surface area contributed by atoms with Crippen molar-refractivity contribution < 1.29 is 14.3 Å². The molecule has 0 aromatic carbocycles. The van der Waals surface area contributed by atoms with E-state index in [1.165, 1.54) is 26.4 Å². The van der Waals surface area contributed by atoms with Crippen LogP contribution in [0.15, 0.2) is 12.2 Å². The van der Waals surface area contributed by atoms with Gasteiger partial charge in [-0.3, -0.25) is 9.59 Å². The normalized spacial score (nSPS) is 23.8. The van der Waals surface area contributed by atoms with Gasteiger partial charge in [-0.1, -0.05) is 38.3 Å². The lowest BCUT2D eigenvalue weighted by Gasteiger charge is -2.19. The van der Waals surface area contributed by atoms with Gasteiger partial charge in [-0.15, -0.1) is 0 Å². The van der Waals surface area contributed by atoms with Gasteiger partial charge in [0, 0.05) is 6.42 Å². The first-order chi connectivity index (χ1) is 8.67. The first-order valence-electron chi connectivity index (χ1n) is 6.97. The van der Waals surface area contributed by atoms with Crippen molar-refractivity contribution in [3.05, 3.63) is 12.2 Å². The molecule has 1 saturated carbocycles. The van der Waals surface area contributed by atoms with Crippen molar-refractivity contribution in [1.29, 1.82) is 0 Å². The van der Waals surface area contributed by atoms with Crippen LogP contribution in [0.1, 0.15) is 58.3 Å². The fourth-order valence-corrected chi connectivity index (χ4v) is 2.51. The molecule has 1 aliphatic carbocycles. The number of allylic oxidation sites excluding steroid dienone is 1. The Morgan fingerprint density at radius 3 is 2.72 bits per heavy atom. The minimum absolute atomic E-state index is 0.0131. The summed E-state index contributed by atoms with van der Waals surface area (Å²) >= 11 is 0. The first-order valence-corrected chi connectivity index (χ1v) is 6.97. The van der Waals surface area contributed by atoms with Crippen LogP contribution in [0.4, 0.5) is 0 Å². The molecule has 0 aromatic rings. The van der Waals surface area contributed by atoms with Gasteiger partial charge in [-0.2, -0.15) is 0 Å². The molecule has 0 saturated heterocycles. The quantitative estimate of drug-likeness (QED) is 0.302. The minimum atomic E-state index is -0.973. The van der Waals surface area contributed by atoms with Crippen LogP contribution < -0.4 is 0 Å². The number of ether oxygens (including phenoxy) is 1. The van der Waals surface area contributed by atoms with E-state index >= 15 is 0 Å². The Labute approximate surface area is 110 Å². The molecule has 0 heterocycles. The fraction of sp³-hybridized carbons (Fsp3) is 0.733. The second-order valence-electron chi connectivity index (χ2n) is 4.99. The highest BCUT2D eigenvalue weighted by molar-refractivity contribution is 6.07. The molecule has 1 fully saturated rings. The molecule has 1 rings (SSSR count). The van der Waals surface area contributed by atoms with Gasteiger partial charge >= 0.3 is 5.97 Å². The van der Waals surface area contributed by atoms with Gasteiger partial charge < -0.3 is 4.74 Å². The van der Waals surface area contributed by atoms with Crippen LogP contribution in [0.5, 0.6) is 0 Å². The van der Waals surface area contributed by atoms with E-state index in [1.807, 2.05) is 6.08 Å². The molecule has 102 valence electrons. The van der Waals surface area contributed by atoms with Crippen molar-refractivity contribution in [2.24, 2.45) is 5.41 Å². The van der Waals surface area contributed by atoms with Crippen LogP contribution in [0.3, 0.4) is 0 Å². The molecule has 0 N–H and O–H groups in total. The van der Waals surface area contributed by atoms with Gasteiger partial charge in [0.25, 0.3) is 0 Å². The van der Waals surface area contributed by atoms with E-state index in [0.717, 1.165) is 19.3 Å². The molecule has 0 amide bonds. The Morgan fingerprint density at radius 1 is 1.39 bits per heavy atom. The van der Waals surface area contributed by atoms with E-state index in [2.05, 4.69) is 6.92 Å². The largest absolute Gasteiger partial charge is 0.468 e. The first kappa shape index (κ1) is 14.9. The summed E-state index contributed by atoms with van der Waals surface area (Å²) < 4.78 is 4.79. The van der Waals surface area contributed by atoms with Crippen molar-refractivity contribution in [3.8, 4) is 0 Å². The lowest BCUT2D eigenvalue weighted by Crippen LogP contribution is -2.34. The van der Waals surface area contributed by atoms with E-state index in [-0.39, 0.29) is 5.78 Å². The molecule has 0 bridgehead atoms. The molecule has 0 aliphatic heterocycles. The van der Waals surface area contributed by atoms with E-state index in [9.17, 15) is 9.59 Å². The number of methoxy groups -OCH3 is 1. The van der Waals surface area contributed by atoms with Gasteiger partial charge in [0.2, 0.25) is 0 Å². The Hall–Kier alpha value is -1.12. The summed E-state index contributed by atoms with van der Waals surface area (Å²) in [6.07, 6.45) is 11.4. The predicted molar refractivity (Wildman–Crippen MR) is 71.2 cm³/mol. The Kier molecular flexibility index (Phi) is 6.10. The minimum Gasteiger partial charge on any atom is -0.468 e. The second-order valence-corrected chi connectivity index (χ2v) is 4.99. The maximum absolute atomic E-state index is 11.9. The number of hydrogen-bond donors (Lipinski definition) is 0. The standard InChI is InChI=1S/C15H24O3/c1-3-4-5-6-7-8-11-15(14(17)18-2)12-9-10-13(15)16/h8,11H,3-7,9-10,12H2,1-2H3/b11-8+/t15-/m1/s1. The zero-order chi connectivity index (χ0) is 13.4. The molecule has 1 aliphatic rings. The molecule has 1 atom stereocenters. The van der Waals surface area contributed by atoms with Crippen LogP contribution in [0.25, 0.3) is 0 Å². The van der Waals surface area contributed by atoms with E-state index in [0.29, 0.717) is 12.8 Å². The van der Waals surface area contributed by atoms with Crippen molar-refractivity contribution in [3.63, 3.8) is 0 Å². The number of Topliss-reactive ketones (excluding diaryl/α,β-unsaturated/α-hetero) is 1. The van der Waals surface area contributed by atoms with Gasteiger partial charge in [-0.05, 0) is 25.7 Å². The Morgan fingerprint density at radius 2 is 2.17 bits per heavy atom. The summed E-state index contributed by atoms with van der Waals surface area (Å²) in [5.41, 5.74) is -0.973. The Bertz CT molecular complexity index is 320. The highest BCUT2D eigenvalue weighted by atomic mass is 16.5.